The van der Waals surface area contributed by atoms with Gasteiger partial charge in [0.15, 0.2) is 0 Å². The molecule has 2 atom stereocenters. The molecule has 1 aromatic heterocycles. The van der Waals surface area contributed by atoms with Crippen LogP contribution in [-0.2, 0) is 10.1 Å². The minimum absolute atomic E-state index is 0.0338. The summed E-state index contributed by atoms with van der Waals surface area (Å²) in [5, 5.41) is 0. The molecule has 35 heavy (non-hydrogen) atoms. The van der Waals surface area contributed by atoms with E-state index in [1.807, 2.05) is 0 Å². The SMILES string of the molecule is [2H]C([2H])([2H])N1C(=O)c2cccc(OS(=O)(=O)C(F)(F)F)c2[C@H]2C[C@@H]1c1nc3ccc(OC(F)(F)F)cc3n12. The van der Waals surface area contributed by atoms with Crippen LogP contribution in [0, 0.1) is 0 Å². The standard InChI is InChI=1S/C20H13F6N3O5S/c1-28-14-8-13(29-12-7-9(33-19(21,22)23)5-6-11(12)27-17(14)29)16-10(18(28)30)3-2-4-15(16)34-35(31,32)20(24,25)26/h2-7,13-14H,8H2,1H3/t13-,14-/m1/s1/i1D3. The van der Waals surface area contributed by atoms with Gasteiger partial charge in [0.25, 0.3) is 5.91 Å². The number of hydrogen-bond donors (Lipinski definition) is 0. The molecule has 2 aliphatic heterocycles. The van der Waals surface area contributed by atoms with E-state index in [1.54, 1.807) is 0 Å². The number of carbonyl (C=O) groups is 1. The van der Waals surface area contributed by atoms with E-state index in [0.29, 0.717) is 4.90 Å². The van der Waals surface area contributed by atoms with E-state index >= 15 is 0 Å². The number of imidazole rings is 1. The number of hydrogen-bond acceptors (Lipinski definition) is 6. The molecule has 3 aromatic rings. The minimum Gasteiger partial charge on any atom is -0.406 e. The lowest BCUT2D eigenvalue weighted by molar-refractivity contribution is -0.274. The fraction of sp³-hybridized carbons (Fsp3) is 0.300. The number of halogens is 6. The van der Waals surface area contributed by atoms with Gasteiger partial charge in [-0.15, -0.1) is 13.2 Å². The predicted molar refractivity (Wildman–Crippen MR) is 106 cm³/mol. The summed E-state index contributed by atoms with van der Waals surface area (Å²) in [6.07, 6.45) is -5.36. The summed E-state index contributed by atoms with van der Waals surface area (Å²) in [5.41, 5.74) is -6.66. The summed E-state index contributed by atoms with van der Waals surface area (Å²) in [5.74, 6) is -2.80. The second-order valence-electron chi connectivity index (χ2n) is 7.68. The Morgan fingerprint density at radius 1 is 1.11 bits per heavy atom. The summed E-state index contributed by atoms with van der Waals surface area (Å²) in [6.45, 7) is -3.08. The van der Waals surface area contributed by atoms with Crippen LogP contribution in [0.25, 0.3) is 11.0 Å². The van der Waals surface area contributed by atoms with E-state index in [0.717, 1.165) is 36.4 Å². The van der Waals surface area contributed by atoms with Gasteiger partial charge in [0.1, 0.15) is 17.3 Å². The smallest absolute Gasteiger partial charge is 0.406 e. The van der Waals surface area contributed by atoms with Crippen molar-refractivity contribution in [2.75, 3.05) is 6.98 Å². The van der Waals surface area contributed by atoms with Crippen LogP contribution in [0.5, 0.6) is 11.5 Å². The molecule has 186 valence electrons. The van der Waals surface area contributed by atoms with Crippen LogP contribution in [-0.4, -0.2) is 47.6 Å². The first-order valence-electron chi connectivity index (χ1n) is 11.1. The molecule has 0 saturated carbocycles. The zero-order valence-corrected chi connectivity index (χ0v) is 17.7. The van der Waals surface area contributed by atoms with Crippen LogP contribution >= 0.6 is 0 Å². The van der Waals surface area contributed by atoms with Crippen LogP contribution in [0.2, 0.25) is 0 Å². The van der Waals surface area contributed by atoms with Gasteiger partial charge in [0.2, 0.25) is 0 Å². The lowest BCUT2D eigenvalue weighted by atomic mass is 9.98. The average molecular weight is 524 g/mol. The topological polar surface area (TPSA) is 90.7 Å². The van der Waals surface area contributed by atoms with Gasteiger partial charge in [-0.05, 0) is 24.3 Å². The number of ether oxygens (including phenoxy) is 1. The van der Waals surface area contributed by atoms with Gasteiger partial charge in [-0.3, -0.25) is 4.79 Å². The molecule has 0 aliphatic carbocycles. The molecule has 2 aliphatic rings. The number of aromatic nitrogens is 2. The lowest BCUT2D eigenvalue weighted by Gasteiger charge is -2.24. The van der Waals surface area contributed by atoms with Crippen LogP contribution in [0.3, 0.4) is 0 Å². The molecule has 0 N–H and O–H groups in total. The third kappa shape index (κ3) is 3.64. The van der Waals surface area contributed by atoms with Crippen molar-refractivity contribution < 1.29 is 52.6 Å². The monoisotopic (exact) mass is 524 g/mol. The molecule has 2 aromatic carbocycles. The highest BCUT2D eigenvalue weighted by molar-refractivity contribution is 7.88. The zero-order chi connectivity index (χ0) is 28.0. The molecule has 1 amide bonds. The molecule has 0 saturated heterocycles. The number of nitrogens with zero attached hydrogens (tertiary/aromatic N) is 3. The Labute approximate surface area is 197 Å². The Balaban J connectivity index is 1.78. The third-order valence-electron chi connectivity index (χ3n) is 5.62. The van der Waals surface area contributed by atoms with E-state index in [1.165, 1.54) is 4.57 Å². The van der Waals surface area contributed by atoms with Gasteiger partial charge < -0.3 is 18.4 Å². The number of benzene rings is 2. The summed E-state index contributed by atoms with van der Waals surface area (Å²) in [7, 11) is -6.21. The number of rotatable bonds is 3. The van der Waals surface area contributed by atoms with Crippen molar-refractivity contribution in [2.45, 2.75) is 30.4 Å². The van der Waals surface area contributed by atoms with Crippen molar-refractivity contribution >= 4 is 27.1 Å². The van der Waals surface area contributed by atoms with Gasteiger partial charge in [0, 0.05) is 34.7 Å². The van der Waals surface area contributed by atoms with Crippen LogP contribution in [0.1, 0.15) is 44.4 Å². The van der Waals surface area contributed by atoms with Crippen molar-refractivity contribution in [1.29, 1.82) is 0 Å². The Kier molecular flexibility index (Phi) is 4.10. The Morgan fingerprint density at radius 2 is 1.86 bits per heavy atom. The number of alkyl halides is 6. The molecular weight excluding hydrogens is 508 g/mol. The molecule has 5 rings (SSSR count). The number of carbonyl (C=O) groups excluding carboxylic acids is 1. The summed E-state index contributed by atoms with van der Waals surface area (Å²) < 4.78 is 135. The van der Waals surface area contributed by atoms with Crippen LogP contribution < -0.4 is 8.92 Å². The van der Waals surface area contributed by atoms with Gasteiger partial charge in [-0.25, -0.2) is 4.98 Å². The maximum Gasteiger partial charge on any atom is 0.573 e. The van der Waals surface area contributed by atoms with Crippen molar-refractivity contribution in [2.24, 2.45) is 0 Å². The average Bonchev–Trinajstić information content (AvgIpc) is 3.24. The summed E-state index contributed by atoms with van der Waals surface area (Å²) >= 11 is 0. The lowest BCUT2D eigenvalue weighted by Crippen LogP contribution is -2.31. The second-order valence-corrected chi connectivity index (χ2v) is 9.22. The van der Waals surface area contributed by atoms with E-state index < -0.39 is 69.6 Å². The van der Waals surface area contributed by atoms with E-state index in [-0.39, 0.29) is 23.3 Å². The Morgan fingerprint density at radius 3 is 2.51 bits per heavy atom. The van der Waals surface area contributed by atoms with Gasteiger partial charge in [0.05, 0.1) is 23.1 Å². The first-order valence-corrected chi connectivity index (χ1v) is 11.0. The number of fused-ring (bicyclic) bond motifs is 9. The van der Waals surface area contributed by atoms with Gasteiger partial charge in [-0.2, -0.15) is 21.6 Å². The van der Waals surface area contributed by atoms with Gasteiger partial charge >= 0.3 is 22.0 Å². The molecule has 0 unspecified atom stereocenters. The zero-order valence-electron chi connectivity index (χ0n) is 19.9. The molecule has 0 spiro atoms. The fourth-order valence-electron chi connectivity index (χ4n) is 4.32. The highest BCUT2D eigenvalue weighted by atomic mass is 32.2. The largest absolute Gasteiger partial charge is 0.573 e. The van der Waals surface area contributed by atoms with Crippen molar-refractivity contribution in [3.05, 3.63) is 53.3 Å². The van der Waals surface area contributed by atoms with Crippen molar-refractivity contribution in [3.8, 4) is 11.5 Å². The van der Waals surface area contributed by atoms with Crippen LogP contribution in [0.4, 0.5) is 26.3 Å². The molecule has 0 fully saturated rings. The Hall–Kier alpha value is -3.49. The molecule has 2 bridgehead atoms. The maximum atomic E-state index is 13.4. The molecule has 8 nitrogen and oxygen atoms in total. The second kappa shape index (κ2) is 7.26. The molecule has 0 radical (unpaired) electrons. The highest BCUT2D eigenvalue weighted by Crippen LogP contribution is 2.50. The molecule has 3 heterocycles. The third-order valence-corrected chi connectivity index (χ3v) is 6.59. The number of amides is 1. The van der Waals surface area contributed by atoms with E-state index in [2.05, 4.69) is 13.9 Å². The molecular formula is C20H13F6N3O5S. The maximum absolute atomic E-state index is 13.4. The first-order chi connectivity index (χ1) is 17.4. The summed E-state index contributed by atoms with van der Waals surface area (Å²) in [4.78, 5) is 18.1. The van der Waals surface area contributed by atoms with Gasteiger partial charge in [-0.1, -0.05) is 6.07 Å². The quantitative estimate of drug-likeness (QED) is 0.289. The Bertz CT molecular complexity index is 1590. The van der Waals surface area contributed by atoms with Crippen LogP contribution in [0.15, 0.2) is 36.4 Å². The minimum atomic E-state index is -6.21. The summed E-state index contributed by atoms with van der Waals surface area (Å²) in [6, 6.07) is 3.45. The first kappa shape index (κ1) is 19.8. The predicted octanol–water partition coefficient (Wildman–Crippen LogP) is 4.28. The fourth-order valence-corrected chi connectivity index (χ4v) is 4.80. The van der Waals surface area contributed by atoms with Crippen molar-refractivity contribution in [1.82, 2.24) is 14.5 Å². The van der Waals surface area contributed by atoms with Crippen molar-refractivity contribution in [3.63, 3.8) is 0 Å². The van der Waals surface area contributed by atoms with E-state index in [4.69, 9.17) is 4.11 Å². The van der Waals surface area contributed by atoms with E-state index in [9.17, 15) is 39.6 Å². The molecule has 15 heteroatoms. The normalized spacial score (nSPS) is 21.6. The highest BCUT2D eigenvalue weighted by Gasteiger charge is 2.50.